The van der Waals surface area contributed by atoms with E-state index in [-0.39, 0.29) is 5.91 Å². The molecule has 1 amide bonds. The zero-order valence-electron chi connectivity index (χ0n) is 15.5. The standard InChI is InChI=1S/C22H28N2O2/c1-15-9-16-5-6-20(15)18(10-16)12-21(25)24-14-22(7-8-26-22)19-4-2-3-17(11-19)13-23/h2-4,11,15-16,18,20H,5-10,12,14H2,1H3,(H,24,25)/t15?,16?,18?,20?,22-/m1/s1. The molecular formula is C22H28N2O2. The summed E-state index contributed by atoms with van der Waals surface area (Å²) in [5.41, 5.74) is 1.17. The van der Waals surface area contributed by atoms with Gasteiger partial charge in [0.1, 0.15) is 5.60 Å². The van der Waals surface area contributed by atoms with Crippen LogP contribution in [0.15, 0.2) is 24.3 Å². The van der Waals surface area contributed by atoms with Crippen molar-refractivity contribution in [2.75, 3.05) is 13.2 Å². The van der Waals surface area contributed by atoms with Crippen LogP contribution in [0.25, 0.3) is 0 Å². The molecule has 3 aliphatic carbocycles. The summed E-state index contributed by atoms with van der Waals surface area (Å²) in [6, 6.07) is 9.75. The Morgan fingerprint density at radius 2 is 2.23 bits per heavy atom. The molecule has 4 unspecified atom stereocenters. The summed E-state index contributed by atoms with van der Waals surface area (Å²) in [5.74, 6) is 3.05. The van der Waals surface area contributed by atoms with Crippen molar-refractivity contribution in [2.24, 2.45) is 23.7 Å². The average molecular weight is 352 g/mol. The number of amides is 1. The van der Waals surface area contributed by atoms with Crippen LogP contribution in [-0.2, 0) is 15.1 Å². The minimum atomic E-state index is -0.457. The number of benzene rings is 1. The lowest BCUT2D eigenvalue weighted by Crippen LogP contribution is -2.50. The molecule has 4 aliphatic rings. The normalized spacial score (nSPS) is 35.4. The quantitative estimate of drug-likeness (QED) is 0.878. The van der Waals surface area contributed by atoms with E-state index < -0.39 is 5.60 Å². The topological polar surface area (TPSA) is 62.1 Å². The van der Waals surface area contributed by atoms with Crippen LogP contribution in [0.5, 0.6) is 0 Å². The molecule has 0 aromatic heterocycles. The Hall–Kier alpha value is -1.86. The number of ether oxygens (including phenoxy) is 1. The van der Waals surface area contributed by atoms with E-state index in [9.17, 15) is 4.79 Å². The first kappa shape index (κ1) is 17.5. The van der Waals surface area contributed by atoms with E-state index in [2.05, 4.69) is 18.3 Å². The highest BCUT2D eigenvalue weighted by Gasteiger charge is 2.42. The molecule has 1 N–H and O–H groups in total. The van der Waals surface area contributed by atoms with E-state index in [0.717, 1.165) is 29.7 Å². The lowest BCUT2D eigenvalue weighted by atomic mass is 9.59. The summed E-state index contributed by atoms with van der Waals surface area (Å²) in [7, 11) is 0. The maximum absolute atomic E-state index is 12.6. The number of nitriles is 1. The molecule has 3 saturated carbocycles. The van der Waals surface area contributed by atoms with Gasteiger partial charge in [-0.1, -0.05) is 25.5 Å². The number of nitrogens with zero attached hydrogens (tertiary/aromatic N) is 1. The Balaban J connectivity index is 1.37. The van der Waals surface area contributed by atoms with Crippen LogP contribution in [0.4, 0.5) is 0 Å². The van der Waals surface area contributed by atoms with Crippen molar-refractivity contribution in [2.45, 2.75) is 51.0 Å². The molecule has 1 aliphatic heterocycles. The van der Waals surface area contributed by atoms with Gasteiger partial charge in [-0.25, -0.2) is 0 Å². The van der Waals surface area contributed by atoms with Crippen LogP contribution in [0.2, 0.25) is 0 Å². The molecule has 5 atom stereocenters. The molecule has 1 heterocycles. The Kier molecular flexibility index (Phi) is 4.75. The average Bonchev–Trinajstić information content (AvgIpc) is 2.61. The summed E-state index contributed by atoms with van der Waals surface area (Å²) in [5, 5.41) is 12.3. The van der Waals surface area contributed by atoms with Crippen molar-refractivity contribution in [3.05, 3.63) is 35.4 Å². The number of fused-ring (bicyclic) bond motifs is 3. The molecule has 1 saturated heterocycles. The maximum atomic E-state index is 12.6. The van der Waals surface area contributed by atoms with Crippen LogP contribution in [-0.4, -0.2) is 19.1 Å². The second-order valence-electron chi connectivity index (χ2n) is 8.58. The summed E-state index contributed by atoms with van der Waals surface area (Å²) < 4.78 is 5.89. The molecule has 4 fully saturated rings. The van der Waals surface area contributed by atoms with Crippen molar-refractivity contribution in [3.63, 3.8) is 0 Å². The van der Waals surface area contributed by atoms with Gasteiger partial charge in [0.2, 0.25) is 5.91 Å². The van der Waals surface area contributed by atoms with Gasteiger partial charge in [0, 0.05) is 12.8 Å². The maximum Gasteiger partial charge on any atom is 0.220 e. The molecule has 5 rings (SSSR count). The van der Waals surface area contributed by atoms with Gasteiger partial charge in [-0.2, -0.15) is 5.26 Å². The monoisotopic (exact) mass is 352 g/mol. The van der Waals surface area contributed by atoms with Gasteiger partial charge in [-0.15, -0.1) is 0 Å². The molecule has 1 aromatic carbocycles. The molecule has 26 heavy (non-hydrogen) atoms. The molecule has 4 nitrogen and oxygen atoms in total. The highest BCUT2D eigenvalue weighted by molar-refractivity contribution is 5.76. The van der Waals surface area contributed by atoms with E-state index >= 15 is 0 Å². The fourth-order valence-electron chi connectivity index (χ4n) is 5.52. The van der Waals surface area contributed by atoms with E-state index in [0.29, 0.717) is 31.1 Å². The Morgan fingerprint density at radius 1 is 1.38 bits per heavy atom. The predicted molar refractivity (Wildman–Crippen MR) is 99.1 cm³/mol. The first-order valence-corrected chi connectivity index (χ1v) is 10.0. The zero-order valence-corrected chi connectivity index (χ0v) is 15.5. The molecule has 0 radical (unpaired) electrons. The summed E-state index contributed by atoms with van der Waals surface area (Å²) >= 11 is 0. The number of rotatable bonds is 5. The van der Waals surface area contributed by atoms with E-state index in [1.54, 1.807) is 6.07 Å². The summed E-state index contributed by atoms with van der Waals surface area (Å²) in [6.07, 6.45) is 6.79. The largest absolute Gasteiger partial charge is 0.368 e. The van der Waals surface area contributed by atoms with E-state index in [4.69, 9.17) is 10.00 Å². The van der Waals surface area contributed by atoms with E-state index in [1.807, 2.05) is 18.2 Å². The SMILES string of the molecule is CC1CC2CCC1C(CC(=O)NC[C@@]1(c3cccc(C#N)c3)CCO1)C2. The van der Waals surface area contributed by atoms with Gasteiger partial charge < -0.3 is 10.1 Å². The summed E-state index contributed by atoms with van der Waals surface area (Å²) in [6.45, 7) is 3.56. The Morgan fingerprint density at radius 3 is 2.88 bits per heavy atom. The van der Waals surface area contributed by atoms with Crippen LogP contribution < -0.4 is 5.32 Å². The van der Waals surface area contributed by atoms with Gasteiger partial charge in [0.15, 0.2) is 0 Å². The van der Waals surface area contributed by atoms with Crippen LogP contribution >= 0.6 is 0 Å². The fourth-order valence-corrected chi connectivity index (χ4v) is 5.52. The van der Waals surface area contributed by atoms with Gasteiger partial charge >= 0.3 is 0 Å². The predicted octanol–water partition coefficient (Wildman–Crippen LogP) is 3.75. The Labute approximate surface area is 155 Å². The minimum Gasteiger partial charge on any atom is -0.368 e. The van der Waals surface area contributed by atoms with Gasteiger partial charge in [-0.05, 0) is 60.6 Å². The number of carbonyl (C=O) groups is 1. The zero-order chi connectivity index (χ0) is 18.1. The lowest BCUT2D eigenvalue weighted by Gasteiger charge is -2.46. The van der Waals surface area contributed by atoms with Gasteiger partial charge in [0.05, 0.1) is 24.8 Å². The summed E-state index contributed by atoms with van der Waals surface area (Å²) in [4.78, 5) is 12.6. The second-order valence-corrected chi connectivity index (χ2v) is 8.58. The smallest absolute Gasteiger partial charge is 0.220 e. The van der Waals surface area contributed by atoms with E-state index in [1.165, 1.54) is 25.7 Å². The van der Waals surface area contributed by atoms with Crippen molar-refractivity contribution < 1.29 is 9.53 Å². The van der Waals surface area contributed by atoms with Crippen LogP contribution in [0, 0.1) is 35.0 Å². The Bertz CT molecular complexity index is 719. The lowest BCUT2D eigenvalue weighted by molar-refractivity contribution is -0.155. The van der Waals surface area contributed by atoms with Gasteiger partial charge in [-0.3, -0.25) is 4.79 Å². The third kappa shape index (κ3) is 3.25. The number of carbonyl (C=O) groups excluding carboxylic acids is 1. The number of nitrogens with one attached hydrogen (secondary N) is 1. The van der Waals surface area contributed by atoms with Crippen molar-refractivity contribution in [3.8, 4) is 6.07 Å². The molecule has 2 bridgehead atoms. The van der Waals surface area contributed by atoms with Crippen LogP contribution in [0.3, 0.4) is 0 Å². The third-order valence-corrected chi connectivity index (χ3v) is 7.01. The molecule has 1 aromatic rings. The molecular weight excluding hydrogens is 324 g/mol. The van der Waals surface area contributed by atoms with Crippen molar-refractivity contribution >= 4 is 5.91 Å². The highest BCUT2D eigenvalue weighted by Crippen LogP contribution is 2.49. The first-order valence-electron chi connectivity index (χ1n) is 10.0. The highest BCUT2D eigenvalue weighted by atomic mass is 16.5. The van der Waals surface area contributed by atoms with Crippen LogP contribution in [0.1, 0.15) is 56.6 Å². The van der Waals surface area contributed by atoms with Gasteiger partial charge in [0.25, 0.3) is 0 Å². The minimum absolute atomic E-state index is 0.154. The second kappa shape index (κ2) is 7.04. The fraction of sp³-hybridized carbons (Fsp3) is 0.636. The third-order valence-electron chi connectivity index (χ3n) is 7.01. The van der Waals surface area contributed by atoms with Crippen molar-refractivity contribution in [1.29, 1.82) is 5.26 Å². The first-order chi connectivity index (χ1) is 12.6. The molecule has 0 spiro atoms. The molecule has 4 heteroatoms. The number of hydrogen-bond donors (Lipinski definition) is 1. The van der Waals surface area contributed by atoms with Crippen molar-refractivity contribution in [1.82, 2.24) is 5.32 Å². The number of hydrogen-bond acceptors (Lipinski definition) is 3. The molecule has 138 valence electrons.